The van der Waals surface area contributed by atoms with E-state index in [9.17, 15) is 19.2 Å². The van der Waals surface area contributed by atoms with Crippen molar-refractivity contribution in [3.8, 4) is 34.1 Å². The molecule has 1 aliphatic rings. The predicted molar refractivity (Wildman–Crippen MR) is 193 cm³/mol. The summed E-state index contributed by atoms with van der Waals surface area (Å²) in [5.41, 5.74) is 4.56. The summed E-state index contributed by atoms with van der Waals surface area (Å²) < 4.78 is 27.2. The third-order valence-electron chi connectivity index (χ3n) is 7.72. The van der Waals surface area contributed by atoms with Gasteiger partial charge in [-0.25, -0.2) is 19.2 Å². The number of benzene rings is 4. The van der Waals surface area contributed by atoms with Gasteiger partial charge in [0.15, 0.2) is 0 Å². The highest BCUT2D eigenvalue weighted by Crippen LogP contribution is 2.45. The van der Waals surface area contributed by atoms with Gasteiger partial charge in [0.05, 0.1) is 18.8 Å². The SMILES string of the molecule is C=C(C)C(=O)OCCCOc1ccc(-c2ccc(/C=C/C(=O)Oc3ccc(OC(=O)c4ccc(OC(=O)C(=C)C)cc4)cc3C3CC3)cc2)cc1. The Labute approximate surface area is 296 Å². The fourth-order valence-electron chi connectivity index (χ4n) is 4.79. The molecule has 0 heterocycles. The molecule has 0 radical (unpaired) electrons. The molecule has 1 saturated carbocycles. The second-order valence-electron chi connectivity index (χ2n) is 12.1. The highest BCUT2D eigenvalue weighted by Gasteiger charge is 2.28. The maximum Gasteiger partial charge on any atom is 0.343 e. The van der Waals surface area contributed by atoms with Gasteiger partial charge < -0.3 is 23.7 Å². The molecule has 0 N–H and O–H groups in total. The summed E-state index contributed by atoms with van der Waals surface area (Å²) in [4.78, 5) is 48.7. The van der Waals surface area contributed by atoms with Crippen molar-refractivity contribution < 1.29 is 42.9 Å². The first kappa shape index (κ1) is 36.1. The van der Waals surface area contributed by atoms with Crippen LogP contribution < -0.4 is 18.9 Å². The summed E-state index contributed by atoms with van der Waals surface area (Å²) in [7, 11) is 0. The van der Waals surface area contributed by atoms with Crippen LogP contribution >= 0.6 is 0 Å². The van der Waals surface area contributed by atoms with Crippen molar-refractivity contribution in [2.24, 2.45) is 0 Å². The van der Waals surface area contributed by atoms with Gasteiger partial charge in [0.1, 0.15) is 23.0 Å². The van der Waals surface area contributed by atoms with Crippen molar-refractivity contribution in [3.63, 3.8) is 0 Å². The molecule has 0 saturated heterocycles. The highest BCUT2D eigenvalue weighted by molar-refractivity contribution is 5.92. The van der Waals surface area contributed by atoms with E-state index in [-0.39, 0.29) is 29.4 Å². The van der Waals surface area contributed by atoms with Crippen molar-refractivity contribution in [2.75, 3.05) is 13.2 Å². The Bertz CT molecular complexity index is 1950. The Morgan fingerprint density at radius 1 is 0.686 bits per heavy atom. The lowest BCUT2D eigenvalue weighted by atomic mass is 10.0. The molecule has 5 rings (SSSR count). The van der Waals surface area contributed by atoms with Gasteiger partial charge in [0.2, 0.25) is 0 Å². The van der Waals surface area contributed by atoms with Crippen LogP contribution in [0.15, 0.2) is 121 Å². The second kappa shape index (κ2) is 16.9. The molecule has 0 unspecified atom stereocenters. The van der Waals surface area contributed by atoms with Crippen LogP contribution in [0.4, 0.5) is 0 Å². The van der Waals surface area contributed by atoms with E-state index in [4.69, 9.17) is 23.7 Å². The topological polar surface area (TPSA) is 114 Å². The summed E-state index contributed by atoms with van der Waals surface area (Å²) in [5, 5.41) is 0. The van der Waals surface area contributed by atoms with Crippen LogP contribution in [0, 0.1) is 0 Å². The van der Waals surface area contributed by atoms with Crippen molar-refractivity contribution in [1.82, 2.24) is 0 Å². The lowest BCUT2D eigenvalue weighted by Crippen LogP contribution is -2.11. The zero-order chi connectivity index (χ0) is 36.3. The number of hydrogen-bond donors (Lipinski definition) is 0. The fourth-order valence-corrected chi connectivity index (χ4v) is 4.79. The molecule has 0 amide bonds. The molecule has 0 atom stereocenters. The van der Waals surface area contributed by atoms with Crippen molar-refractivity contribution >= 4 is 30.0 Å². The number of hydrogen-bond acceptors (Lipinski definition) is 9. The summed E-state index contributed by atoms with van der Waals surface area (Å²) in [6.45, 7) is 11.0. The first-order chi connectivity index (χ1) is 24.5. The van der Waals surface area contributed by atoms with Gasteiger partial charge in [-0.05, 0) is 110 Å². The third kappa shape index (κ3) is 10.6. The Balaban J connectivity index is 1.12. The Hall–Kier alpha value is -6.22. The normalized spacial score (nSPS) is 12.1. The largest absolute Gasteiger partial charge is 0.493 e. The van der Waals surface area contributed by atoms with Gasteiger partial charge in [-0.15, -0.1) is 0 Å². The quantitative estimate of drug-likeness (QED) is 0.0526. The van der Waals surface area contributed by atoms with Crippen LogP contribution in [0.3, 0.4) is 0 Å². The molecular formula is C42H38O9. The molecular weight excluding hydrogens is 648 g/mol. The van der Waals surface area contributed by atoms with E-state index in [1.807, 2.05) is 48.5 Å². The van der Waals surface area contributed by atoms with Crippen LogP contribution in [0.2, 0.25) is 0 Å². The number of esters is 4. The van der Waals surface area contributed by atoms with Gasteiger partial charge >= 0.3 is 23.9 Å². The first-order valence-electron chi connectivity index (χ1n) is 16.5. The minimum absolute atomic E-state index is 0.212. The molecule has 4 aromatic carbocycles. The molecule has 1 fully saturated rings. The zero-order valence-electron chi connectivity index (χ0n) is 28.5. The highest BCUT2D eigenvalue weighted by atomic mass is 16.5. The van der Waals surface area contributed by atoms with Gasteiger partial charge in [-0.1, -0.05) is 49.6 Å². The molecule has 9 nitrogen and oxygen atoms in total. The summed E-state index contributed by atoms with van der Waals surface area (Å²) >= 11 is 0. The molecule has 0 aromatic heterocycles. The van der Waals surface area contributed by atoms with E-state index in [0.717, 1.165) is 40.8 Å². The minimum atomic E-state index is -0.577. The fraction of sp³-hybridized carbons (Fsp3) is 0.190. The first-order valence-corrected chi connectivity index (χ1v) is 16.5. The van der Waals surface area contributed by atoms with Gasteiger partial charge in [-0.3, -0.25) is 0 Å². The monoisotopic (exact) mass is 686 g/mol. The number of carbonyl (C=O) groups excluding carboxylic acids is 4. The molecule has 0 bridgehead atoms. The van der Waals surface area contributed by atoms with Gasteiger partial charge in [0.25, 0.3) is 0 Å². The van der Waals surface area contributed by atoms with Crippen LogP contribution in [0.25, 0.3) is 17.2 Å². The van der Waals surface area contributed by atoms with Gasteiger partial charge in [0, 0.05) is 29.2 Å². The number of rotatable bonds is 15. The standard InChI is InChI=1S/C42H38O9/c1-27(2)40(44)48-25-5-24-47-34-17-13-31(14-18-34)30-9-6-29(7-10-30)8-23-39(43)51-38-22-21-36(26-37(38)32-11-12-32)50-42(46)33-15-19-35(20-16-33)49-41(45)28(3)4/h6-10,13-23,26,32H,1,3,5,11-12,24-25H2,2,4H3/b23-8+. The predicted octanol–water partition coefficient (Wildman–Crippen LogP) is 8.44. The molecule has 0 spiro atoms. The van der Waals surface area contributed by atoms with E-state index < -0.39 is 23.9 Å². The van der Waals surface area contributed by atoms with E-state index in [2.05, 4.69) is 13.2 Å². The lowest BCUT2D eigenvalue weighted by Gasteiger charge is -2.11. The zero-order valence-corrected chi connectivity index (χ0v) is 28.5. The maximum absolute atomic E-state index is 12.8. The van der Waals surface area contributed by atoms with Crippen molar-refractivity contribution in [3.05, 3.63) is 138 Å². The Morgan fingerprint density at radius 2 is 1.29 bits per heavy atom. The molecule has 1 aliphatic carbocycles. The summed E-state index contributed by atoms with van der Waals surface area (Å²) in [6.07, 6.45) is 5.53. The van der Waals surface area contributed by atoms with Crippen molar-refractivity contribution in [1.29, 1.82) is 0 Å². The van der Waals surface area contributed by atoms with Crippen LogP contribution in [0.1, 0.15) is 60.5 Å². The van der Waals surface area contributed by atoms with E-state index in [0.29, 0.717) is 30.1 Å². The van der Waals surface area contributed by atoms with Crippen LogP contribution in [-0.2, 0) is 19.1 Å². The summed E-state index contributed by atoms with van der Waals surface area (Å²) in [6, 6.07) is 26.4. The Kier molecular flexibility index (Phi) is 12.0. The minimum Gasteiger partial charge on any atom is -0.493 e. The number of ether oxygens (including phenoxy) is 5. The summed E-state index contributed by atoms with van der Waals surface area (Å²) in [5.74, 6) is -0.0858. The third-order valence-corrected chi connectivity index (χ3v) is 7.72. The maximum atomic E-state index is 12.8. The molecule has 260 valence electrons. The number of carbonyl (C=O) groups is 4. The lowest BCUT2D eigenvalue weighted by molar-refractivity contribution is -0.139. The van der Waals surface area contributed by atoms with Gasteiger partial charge in [-0.2, -0.15) is 0 Å². The van der Waals surface area contributed by atoms with Crippen LogP contribution in [-0.4, -0.2) is 37.1 Å². The van der Waals surface area contributed by atoms with E-state index in [1.54, 1.807) is 38.1 Å². The molecule has 9 heteroatoms. The Morgan fingerprint density at radius 3 is 1.92 bits per heavy atom. The average Bonchev–Trinajstić information content (AvgIpc) is 3.98. The van der Waals surface area contributed by atoms with Crippen molar-refractivity contribution in [2.45, 2.75) is 39.0 Å². The van der Waals surface area contributed by atoms with E-state index >= 15 is 0 Å². The average molecular weight is 687 g/mol. The smallest absolute Gasteiger partial charge is 0.343 e. The van der Waals surface area contributed by atoms with Crippen LogP contribution in [0.5, 0.6) is 23.0 Å². The molecule has 0 aliphatic heterocycles. The van der Waals surface area contributed by atoms with E-state index in [1.165, 1.54) is 30.3 Å². The molecule has 51 heavy (non-hydrogen) atoms. The second-order valence-corrected chi connectivity index (χ2v) is 12.1. The molecule has 4 aromatic rings.